The molecule has 1 aliphatic rings. The van der Waals surface area contributed by atoms with Gasteiger partial charge < -0.3 is 10.8 Å². The van der Waals surface area contributed by atoms with E-state index in [1.54, 1.807) is 6.08 Å². The summed E-state index contributed by atoms with van der Waals surface area (Å²) < 4.78 is 0. The van der Waals surface area contributed by atoms with Crippen LogP contribution in [0.3, 0.4) is 0 Å². The van der Waals surface area contributed by atoms with E-state index in [0.29, 0.717) is 17.8 Å². The van der Waals surface area contributed by atoms with Crippen molar-refractivity contribution in [2.45, 2.75) is 66.9 Å². The Morgan fingerprint density at radius 1 is 1.03 bits per heavy atom. The third-order valence-corrected chi connectivity index (χ3v) is 4.73. The van der Waals surface area contributed by atoms with Crippen LogP contribution in [-0.4, -0.2) is 5.11 Å². The molecule has 0 bridgehead atoms. The van der Waals surface area contributed by atoms with Gasteiger partial charge in [0.05, 0.1) is 23.2 Å². The predicted octanol–water partition coefficient (Wildman–Crippen LogP) is 7.26. The first-order chi connectivity index (χ1) is 15.9. The molecule has 3 rings (SSSR count). The Hall–Kier alpha value is -2.82. The van der Waals surface area contributed by atoms with Gasteiger partial charge in [-0.15, -0.1) is 0 Å². The summed E-state index contributed by atoms with van der Waals surface area (Å²) in [6.07, 6.45) is 6.36. The summed E-state index contributed by atoms with van der Waals surface area (Å²) in [4.78, 5) is 0. The molecule has 4 heteroatoms. The van der Waals surface area contributed by atoms with Gasteiger partial charge in [-0.2, -0.15) is 0 Å². The lowest BCUT2D eigenvalue weighted by Crippen LogP contribution is -2.32. The third-order valence-electron chi connectivity index (χ3n) is 4.73. The number of nitrogens with two attached hydrogens (primary N) is 2. The Morgan fingerprint density at radius 2 is 1.48 bits per heavy atom. The minimum Gasteiger partial charge on any atom is -0.397 e. The van der Waals surface area contributed by atoms with Crippen molar-refractivity contribution in [1.29, 1.82) is 0 Å². The lowest BCUT2D eigenvalue weighted by molar-refractivity contribution is 0.179. The first-order valence-electron chi connectivity index (χ1n) is 12.1. The number of allylic oxidation sites excluding steroid dienone is 2. The van der Waals surface area contributed by atoms with Crippen LogP contribution in [0, 0.1) is 5.92 Å². The van der Waals surface area contributed by atoms with Crippen LogP contribution in [0.1, 0.15) is 72.5 Å². The Kier molecular flexibility index (Phi) is 16.2. The summed E-state index contributed by atoms with van der Waals surface area (Å²) in [5, 5.41) is 11.8. The van der Waals surface area contributed by atoms with Crippen molar-refractivity contribution < 1.29 is 5.11 Å². The highest BCUT2D eigenvalue weighted by atomic mass is 16.3. The number of hydrogen-bond donors (Lipinski definition) is 3. The predicted molar refractivity (Wildman–Crippen MR) is 145 cm³/mol. The highest BCUT2D eigenvalue weighted by molar-refractivity contribution is 5.55. The fraction of sp³-hybridized carbons (Fsp3) is 0.379. The minimum absolute atomic E-state index is 0.400. The molecule has 1 fully saturated rings. The summed E-state index contributed by atoms with van der Waals surface area (Å²) in [6, 6.07) is 19.1. The van der Waals surface area contributed by atoms with E-state index in [-0.39, 0.29) is 0 Å². The lowest BCUT2D eigenvalue weighted by Gasteiger charge is -2.22. The van der Waals surface area contributed by atoms with Crippen LogP contribution in [0.15, 0.2) is 96.4 Å². The molecular weight excluding hydrogens is 406 g/mol. The van der Waals surface area contributed by atoms with Crippen LogP contribution in [0.5, 0.6) is 0 Å². The van der Waals surface area contributed by atoms with Crippen molar-refractivity contribution in [1.82, 2.24) is 0 Å². The number of para-hydroxylation sites is 1. The van der Waals surface area contributed by atoms with E-state index in [4.69, 9.17) is 11.6 Å². The molecule has 0 spiro atoms. The van der Waals surface area contributed by atoms with Gasteiger partial charge in [-0.05, 0) is 36.6 Å². The van der Waals surface area contributed by atoms with E-state index in [2.05, 4.69) is 13.5 Å². The van der Waals surface area contributed by atoms with Crippen molar-refractivity contribution in [2.75, 3.05) is 5.01 Å². The smallest absolute Gasteiger partial charge is 0.0830 e. The quantitative estimate of drug-likeness (QED) is 0.235. The Balaban J connectivity index is 0.00000110. The average Bonchev–Trinajstić information content (AvgIpc) is 3.65. The van der Waals surface area contributed by atoms with Crippen LogP contribution in [0.4, 0.5) is 5.69 Å². The van der Waals surface area contributed by atoms with Crippen LogP contribution in [-0.2, 0) is 0 Å². The minimum atomic E-state index is -0.616. The monoisotopic (exact) mass is 451 g/mol. The molecule has 0 amide bonds. The number of benzene rings is 2. The average molecular weight is 452 g/mol. The van der Waals surface area contributed by atoms with E-state index >= 15 is 0 Å². The van der Waals surface area contributed by atoms with Crippen molar-refractivity contribution in [3.05, 3.63) is 102 Å². The SMILES string of the molecule is C=C(/C=C(N)\C(=C/C)N(N)c1ccccc1)CC(O)c1ccccc1.CC.CC.CC1CC1. The molecule has 33 heavy (non-hydrogen) atoms. The molecule has 1 saturated carbocycles. The van der Waals surface area contributed by atoms with Crippen LogP contribution < -0.4 is 16.6 Å². The molecular formula is C29H45N3O. The standard InChI is InChI=1S/C21H25N3O.C4H8.2C2H6/c1-3-20(24(23)18-12-8-5-9-13-18)19(22)14-16(2)15-21(25)17-10-6-4-7-11-17;1-4-2-3-4;2*1-2/h3-14,21,25H,2,15,22-23H2,1H3;4H,2-3H2,1H3;2*1-2H3/b19-14+,20-3+;;;. The summed E-state index contributed by atoms with van der Waals surface area (Å²) >= 11 is 0. The molecule has 1 unspecified atom stereocenters. The van der Waals surface area contributed by atoms with Gasteiger partial charge in [0.15, 0.2) is 0 Å². The van der Waals surface area contributed by atoms with Crippen molar-refractivity contribution in [3.8, 4) is 0 Å². The molecule has 182 valence electrons. The summed E-state index contributed by atoms with van der Waals surface area (Å²) in [7, 11) is 0. The summed E-state index contributed by atoms with van der Waals surface area (Å²) in [6.45, 7) is 16.2. The molecule has 0 radical (unpaired) electrons. The van der Waals surface area contributed by atoms with Gasteiger partial charge >= 0.3 is 0 Å². The summed E-state index contributed by atoms with van der Waals surface area (Å²) in [5.74, 6) is 7.27. The van der Waals surface area contributed by atoms with Gasteiger partial charge in [-0.1, -0.05) is 114 Å². The van der Waals surface area contributed by atoms with Gasteiger partial charge in [-0.25, -0.2) is 5.84 Å². The van der Waals surface area contributed by atoms with E-state index in [9.17, 15) is 5.11 Å². The van der Waals surface area contributed by atoms with Crippen LogP contribution in [0.2, 0.25) is 0 Å². The van der Waals surface area contributed by atoms with E-state index in [1.807, 2.05) is 101 Å². The van der Waals surface area contributed by atoms with Gasteiger partial charge in [0.25, 0.3) is 0 Å². The lowest BCUT2D eigenvalue weighted by atomic mass is 10.0. The molecule has 5 N–H and O–H groups in total. The van der Waals surface area contributed by atoms with Crippen LogP contribution >= 0.6 is 0 Å². The molecule has 0 saturated heterocycles. The Morgan fingerprint density at radius 3 is 1.91 bits per heavy atom. The fourth-order valence-corrected chi connectivity index (χ4v) is 2.73. The first-order valence-corrected chi connectivity index (χ1v) is 12.1. The van der Waals surface area contributed by atoms with E-state index in [0.717, 1.165) is 22.7 Å². The maximum absolute atomic E-state index is 10.3. The van der Waals surface area contributed by atoms with Gasteiger partial charge in [0.2, 0.25) is 0 Å². The molecule has 1 atom stereocenters. The number of hydrogen-bond acceptors (Lipinski definition) is 4. The molecule has 0 aliphatic heterocycles. The largest absolute Gasteiger partial charge is 0.397 e. The zero-order chi connectivity index (χ0) is 25.2. The van der Waals surface area contributed by atoms with Crippen molar-refractivity contribution >= 4 is 5.69 Å². The topological polar surface area (TPSA) is 75.5 Å². The zero-order valence-corrected chi connectivity index (χ0v) is 21.5. The molecule has 0 heterocycles. The normalized spacial score (nSPS) is 13.7. The van der Waals surface area contributed by atoms with Gasteiger partial charge in [0.1, 0.15) is 0 Å². The molecule has 4 nitrogen and oxygen atoms in total. The Labute approximate surface area is 202 Å². The fourth-order valence-electron chi connectivity index (χ4n) is 2.73. The molecule has 2 aromatic carbocycles. The first kappa shape index (κ1) is 30.2. The number of nitrogens with zero attached hydrogens (tertiary/aromatic N) is 1. The van der Waals surface area contributed by atoms with E-state index < -0.39 is 6.10 Å². The van der Waals surface area contributed by atoms with Crippen molar-refractivity contribution in [2.24, 2.45) is 17.5 Å². The number of hydrazine groups is 1. The highest BCUT2D eigenvalue weighted by Gasteiger charge is 2.13. The molecule has 0 aromatic heterocycles. The maximum Gasteiger partial charge on any atom is 0.0830 e. The maximum atomic E-state index is 10.3. The highest BCUT2D eigenvalue weighted by Crippen LogP contribution is 2.26. The number of aliphatic hydroxyl groups is 1. The zero-order valence-electron chi connectivity index (χ0n) is 21.5. The Bertz CT molecular complexity index is 824. The summed E-state index contributed by atoms with van der Waals surface area (Å²) in [5.41, 5.74) is 9.81. The number of aliphatic hydroxyl groups excluding tert-OH is 1. The van der Waals surface area contributed by atoms with Crippen molar-refractivity contribution in [3.63, 3.8) is 0 Å². The third kappa shape index (κ3) is 12.1. The van der Waals surface area contributed by atoms with Gasteiger partial charge in [-0.3, -0.25) is 5.01 Å². The molecule has 1 aliphatic carbocycles. The second kappa shape index (κ2) is 17.7. The number of rotatable bonds is 7. The second-order valence-electron chi connectivity index (χ2n) is 7.45. The van der Waals surface area contributed by atoms with Gasteiger partial charge in [0, 0.05) is 6.42 Å². The molecule has 2 aromatic rings. The van der Waals surface area contributed by atoms with E-state index in [1.165, 1.54) is 17.9 Å². The van der Waals surface area contributed by atoms with Crippen LogP contribution in [0.25, 0.3) is 0 Å². The second-order valence-corrected chi connectivity index (χ2v) is 7.45. The number of anilines is 1.